The summed E-state index contributed by atoms with van der Waals surface area (Å²) in [7, 11) is 0. The molecule has 2 aromatic heterocycles. The lowest BCUT2D eigenvalue weighted by molar-refractivity contribution is 0.0991. The third-order valence-electron chi connectivity index (χ3n) is 4.20. The summed E-state index contributed by atoms with van der Waals surface area (Å²) in [5, 5.41) is 7.03. The lowest BCUT2D eigenvalue weighted by Gasteiger charge is -2.05. The average molecular weight is 506 g/mol. The smallest absolute Gasteiger partial charge is 0.293 e. The molecule has 1 amide bonds. The number of amides is 1. The monoisotopic (exact) mass is 504 g/mol. The molecule has 0 fully saturated rings. The molecule has 0 saturated carbocycles. The zero-order valence-corrected chi connectivity index (χ0v) is 18.2. The Morgan fingerprint density at radius 3 is 2.87 bits per heavy atom. The molecule has 0 aliphatic carbocycles. The van der Waals surface area contributed by atoms with Crippen LogP contribution in [-0.4, -0.2) is 20.7 Å². The van der Waals surface area contributed by atoms with Gasteiger partial charge in [0.1, 0.15) is 30.3 Å². The fourth-order valence-electron chi connectivity index (χ4n) is 2.70. The quantitative estimate of drug-likeness (QED) is 0.368. The number of rotatable bonds is 7. The first-order valence-electron chi connectivity index (χ1n) is 9.09. The maximum atomic E-state index is 13.2. The second-order valence-corrected chi connectivity index (χ2v) is 7.70. The van der Waals surface area contributed by atoms with Gasteiger partial charge in [-0.1, -0.05) is 29.8 Å². The Hall–Kier alpha value is -3.17. The molecule has 0 saturated heterocycles. The van der Waals surface area contributed by atoms with Crippen LogP contribution in [-0.2, 0) is 13.2 Å². The van der Waals surface area contributed by atoms with E-state index in [4.69, 9.17) is 20.8 Å². The standard InChI is InChI=1S/C21H15BrClFN4O3/c22-16-3-1-2-4-18(16)30-11-15-7-8-19(31-15)20(29)26-21-25-12-28(27-21)10-13-5-6-14(24)9-17(13)23/h1-9,12H,10-11H2,(H,26,27,29). The number of halogens is 3. The van der Waals surface area contributed by atoms with Crippen LogP contribution in [0.15, 0.2) is 69.8 Å². The van der Waals surface area contributed by atoms with E-state index in [9.17, 15) is 9.18 Å². The van der Waals surface area contributed by atoms with Crippen molar-refractivity contribution in [3.63, 3.8) is 0 Å². The number of para-hydroxylation sites is 1. The van der Waals surface area contributed by atoms with E-state index < -0.39 is 11.7 Å². The molecular weight excluding hydrogens is 491 g/mol. The highest BCUT2D eigenvalue weighted by Gasteiger charge is 2.15. The second kappa shape index (κ2) is 9.32. The Morgan fingerprint density at radius 1 is 1.23 bits per heavy atom. The normalized spacial score (nSPS) is 10.8. The van der Waals surface area contributed by atoms with Crippen molar-refractivity contribution in [2.24, 2.45) is 0 Å². The van der Waals surface area contributed by atoms with Gasteiger partial charge in [0.05, 0.1) is 11.0 Å². The first-order chi connectivity index (χ1) is 15.0. The summed E-state index contributed by atoms with van der Waals surface area (Å²) in [6.07, 6.45) is 1.44. The summed E-state index contributed by atoms with van der Waals surface area (Å²) in [6.45, 7) is 0.445. The predicted molar refractivity (Wildman–Crippen MR) is 116 cm³/mol. The molecule has 0 radical (unpaired) electrons. The lowest BCUT2D eigenvalue weighted by Crippen LogP contribution is -2.12. The Bertz CT molecular complexity index is 1230. The SMILES string of the molecule is O=C(Nc1ncn(Cc2ccc(F)cc2Cl)n1)c1ccc(COc2ccccc2Br)o1. The number of benzene rings is 2. The topological polar surface area (TPSA) is 82.2 Å². The largest absolute Gasteiger partial charge is 0.484 e. The number of anilines is 1. The maximum Gasteiger partial charge on any atom is 0.293 e. The van der Waals surface area contributed by atoms with E-state index in [0.29, 0.717) is 17.1 Å². The molecule has 10 heteroatoms. The molecule has 0 bridgehead atoms. The fourth-order valence-corrected chi connectivity index (χ4v) is 3.33. The van der Waals surface area contributed by atoms with Crippen molar-refractivity contribution in [3.8, 4) is 5.75 Å². The number of nitrogens with zero attached hydrogens (tertiary/aromatic N) is 3. The number of hydrogen-bond donors (Lipinski definition) is 1. The Kier molecular flexibility index (Phi) is 6.34. The Balaban J connectivity index is 1.35. The van der Waals surface area contributed by atoms with Gasteiger partial charge in [-0.2, -0.15) is 0 Å². The molecule has 158 valence electrons. The van der Waals surface area contributed by atoms with Crippen LogP contribution in [0.3, 0.4) is 0 Å². The third-order valence-corrected chi connectivity index (χ3v) is 5.21. The van der Waals surface area contributed by atoms with Crippen LogP contribution in [0.5, 0.6) is 5.75 Å². The van der Waals surface area contributed by atoms with Gasteiger partial charge in [0.15, 0.2) is 5.76 Å². The number of carbonyl (C=O) groups excluding carboxylic acids is 1. The highest BCUT2D eigenvalue weighted by molar-refractivity contribution is 9.10. The molecule has 4 rings (SSSR count). The first-order valence-corrected chi connectivity index (χ1v) is 10.3. The van der Waals surface area contributed by atoms with Crippen molar-refractivity contribution in [2.75, 3.05) is 5.32 Å². The summed E-state index contributed by atoms with van der Waals surface area (Å²) < 4.78 is 26.7. The van der Waals surface area contributed by atoms with Crippen LogP contribution < -0.4 is 10.1 Å². The molecule has 0 aliphatic rings. The van der Waals surface area contributed by atoms with Gasteiger partial charge in [-0.25, -0.2) is 14.1 Å². The van der Waals surface area contributed by atoms with Crippen LogP contribution in [0.1, 0.15) is 21.9 Å². The van der Waals surface area contributed by atoms with E-state index in [1.807, 2.05) is 24.3 Å². The molecule has 4 aromatic rings. The average Bonchev–Trinajstić information content (AvgIpc) is 3.39. The highest BCUT2D eigenvalue weighted by atomic mass is 79.9. The van der Waals surface area contributed by atoms with Gasteiger partial charge in [-0.3, -0.25) is 10.1 Å². The number of carbonyl (C=O) groups is 1. The number of furan rings is 1. The number of hydrogen-bond acceptors (Lipinski definition) is 5. The van der Waals surface area contributed by atoms with Gasteiger partial charge in [-0.15, -0.1) is 5.10 Å². The summed E-state index contributed by atoms with van der Waals surface area (Å²) in [5.74, 6) is 0.449. The molecule has 0 aliphatic heterocycles. The van der Waals surface area contributed by atoms with E-state index in [-0.39, 0.29) is 29.9 Å². The Labute approximate surface area is 189 Å². The van der Waals surface area contributed by atoms with Gasteiger partial charge in [0.2, 0.25) is 5.95 Å². The third kappa shape index (κ3) is 5.31. The van der Waals surface area contributed by atoms with Gasteiger partial charge in [0.25, 0.3) is 5.91 Å². The Morgan fingerprint density at radius 2 is 2.06 bits per heavy atom. The van der Waals surface area contributed by atoms with Crippen molar-refractivity contribution in [1.82, 2.24) is 14.8 Å². The molecule has 7 nitrogen and oxygen atoms in total. The van der Waals surface area contributed by atoms with Crippen LogP contribution >= 0.6 is 27.5 Å². The molecule has 2 heterocycles. The van der Waals surface area contributed by atoms with Crippen LogP contribution in [0.25, 0.3) is 0 Å². The maximum absolute atomic E-state index is 13.2. The van der Waals surface area contributed by atoms with E-state index >= 15 is 0 Å². The minimum absolute atomic E-state index is 0.101. The molecule has 31 heavy (non-hydrogen) atoms. The highest BCUT2D eigenvalue weighted by Crippen LogP contribution is 2.25. The molecule has 0 unspecified atom stereocenters. The van der Waals surface area contributed by atoms with Crippen LogP contribution in [0.2, 0.25) is 5.02 Å². The van der Waals surface area contributed by atoms with Crippen molar-refractivity contribution in [1.29, 1.82) is 0 Å². The number of aromatic nitrogens is 3. The zero-order valence-electron chi connectivity index (χ0n) is 15.9. The van der Waals surface area contributed by atoms with Gasteiger partial charge in [0, 0.05) is 5.02 Å². The van der Waals surface area contributed by atoms with Crippen molar-refractivity contribution >= 4 is 39.4 Å². The molecular formula is C21H15BrClFN4O3. The van der Waals surface area contributed by atoms with Crippen molar-refractivity contribution in [3.05, 3.63) is 93.3 Å². The molecule has 0 spiro atoms. The molecule has 1 N–H and O–H groups in total. The summed E-state index contributed by atoms with van der Waals surface area (Å²) >= 11 is 9.44. The summed E-state index contributed by atoms with van der Waals surface area (Å²) in [6, 6.07) is 14.7. The molecule has 0 atom stereocenters. The zero-order chi connectivity index (χ0) is 21.8. The predicted octanol–water partition coefficient (Wildman–Crippen LogP) is 5.31. The summed E-state index contributed by atoms with van der Waals surface area (Å²) in [4.78, 5) is 16.5. The fraction of sp³-hybridized carbons (Fsp3) is 0.0952. The molecule has 2 aromatic carbocycles. The van der Waals surface area contributed by atoms with E-state index in [1.165, 1.54) is 23.1 Å². The lowest BCUT2D eigenvalue weighted by atomic mass is 10.2. The van der Waals surface area contributed by atoms with Crippen LogP contribution in [0.4, 0.5) is 10.3 Å². The first kappa shape index (κ1) is 21.1. The van der Waals surface area contributed by atoms with Gasteiger partial charge >= 0.3 is 0 Å². The summed E-state index contributed by atoms with van der Waals surface area (Å²) in [5.41, 5.74) is 0.673. The van der Waals surface area contributed by atoms with Gasteiger partial charge in [-0.05, 0) is 57.9 Å². The van der Waals surface area contributed by atoms with E-state index in [0.717, 1.165) is 4.47 Å². The van der Waals surface area contributed by atoms with Crippen molar-refractivity contribution < 1.29 is 18.3 Å². The van der Waals surface area contributed by atoms with Crippen LogP contribution in [0, 0.1) is 5.82 Å². The minimum atomic E-state index is -0.496. The van der Waals surface area contributed by atoms with Gasteiger partial charge < -0.3 is 9.15 Å². The number of nitrogens with one attached hydrogen (secondary N) is 1. The number of ether oxygens (including phenoxy) is 1. The van der Waals surface area contributed by atoms with Crippen molar-refractivity contribution in [2.45, 2.75) is 13.2 Å². The minimum Gasteiger partial charge on any atom is -0.484 e. The second-order valence-electron chi connectivity index (χ2n) is 6.44. The van der Waals surface area contributed by atoms with E-state index in [1.54, 1.807) is 18.2 Å². The van der Waals surface area contributed by atoms with E-state index in [2.05, 4.69) is 31.3 Å².